The number of carbonyl (C=O) groups is 3. The molecule has 0 bridgehead atoms. The largest absolute Gasteiger partial charge is 0.493 e. The van der Waals surface area contributed by atoms with Gasteiger partial charge in [-0.1, -0.05) is 6.07 Å². The van der Waals surface area contributed by atoms with Gasteiger partial charge < -0.3 is 30.2 Å². The van der Waals surface area contributed by atoms with Gasteiger partial charge in [0.2, 0.25) is 5.75 Å². The van der Waals surface area contributed by atoms with Crippen molar-refractivity contribution in [2.24, 2.45) is 0 Å². The van der Waals surface area contributed by atoms with Gasteiger partial charge in [0.25, 0.3) is 17.7 Å². The third-order valence-electron chi connectivity index (χ3n) is 4.77. The predicted octanol–water partition coefficient (Wildman–Crippen LogP) is 3.19. The second-order valence-electron chi connectivity index (χ2n) is 6.93. The molecule has 3 aromatic rings. The van der Waals surface area contributed by atoms with E-state index in [2.05, 4.69) is 16.0 Å². The van der Waals surface area contributed by atoms with E-state index in [-0.39, 0.29) is 24.3 Å². The van der Waals surface area contributed by atoms with E-state index < -0.39 is 0 Å². The minimum Gasteiger partial charge on any atom is -0.493 e. The second-order valence-corrected chi connectivity index (χ2v) is 7.88. The lowest BCUT2D eigenvalue weighted by molar-refractivity contribution is 0.0929. The SMILES string of the molecule is COc1cc(C(=O)Nc2ccc(C(=O)NCCNC(=O)c3cccs3)cc2)cc(OC)c1OC. The normalized spacial score (nSPS) is 10.2. The molecule has 0 radical (unpaired) electrons. The van der Waals surface area contributed by atoms with E-state index in [1.54, 1.807) is 48.5 Å². The van der Waals surface area contributed by atoms with Gasteiger partial charge in [0.1, 0.15) is 0 Å². The van der Waals surface area contributed by atoms with Crippen LogP contribution in [0, 0.1) is 0 Å². The van der Waals surface area contributed by atoms with Crippen molar-refractivity contribution in [2.75, 3.05) is 39.7 Å². The molecular weight excluding hydrogens is 458 g/mol. The van der Waals surface area contributed by atoms with Crippen LogP contribution in [-0.4, -0.2) is 52.1 Å². The molecule has 10 heteroatoms. The highest BCUT2D eigenvalue weighted by Crippen LogP contribution is 2.38. The third-order valence-corrected chi connectivity index (χ3v) is 5.64. The Morgan fingerprint density at radius 3 is 1.91 bits per heavy atom. The van der Waals surface area contributed by atoms with Crippen LogP contribution in [0.2, 0.25) is 0 Å². The minimum absolute atomic E-state index is 0.170. The highest BCUT2D eigenvalue weighted by atomic mass is 32.1. The quantitative estimate of drug-likeness (QED) is 0.382. The Morgan fingerprint density at radius 1 is 0.765 bits per heavy atom. The lowest BCUT2D eigenvalue weighted by Gasteiger charge is -2.14. The van der Waals surface area contributed by atoms with Gasteiger partial charge in [0, 0.05) is 29.9 Å². The van der Waals surface area contributed by atoms with Gasteiger partial charge in [-0.3, -0.25) is 14.4 Å². The summed E-state index contributed by atoms with van der Waals surface area (Å²) in [6.45, 7) is 0.598. The minimum atomic E-state index is -0.377. The summed E-state index contributed by atoms with van der Waals surface area (Å²) in [5, 5.41) is 10.1. The number of anilines is 1. The molecule has 0 saturated heterocycles. The smallest absolute Gasteiger partial charge is 0.261 e. The molecule has 9 nitrogen and oxygen atoms in total. The maximum absolute atomic E-state index is 12.7. The average molecular weight is 484 g/mol. The van der Waals surface area contributed by atoms with Crippen LogP contribution in [0.5, 0.6) is 17.2 Å². The summed E-state index contributed by atoms with van der Waals surface area (Å²) in [5.74, 6) is 0.293. The topological polar surface area (TPSA) is 115 Å². The number of rotatable bonds is 10. The van der Waals surface area contributed by atoms with Crippen LogP contribution in [0.15, 0.2) is 53.9 Å². The van der Waals surface area contributed by atoms with Crippen molar-refractivity contribution in [3.63, 3.8) is 0 Å². The van der Waals surface area contributed by atoms with Gasteiger partial charge in [-0.2, -0.15) is 0 Å². The summed E-state index contributed by atoms with van der Waals surface area (Å²) in [4.78, 5) is 37.5. The summed E-state index contributed by atoms with van der Waals surface area (Å²) < 4.78 is 15.8. The van der Waals surface area contributed by atoms with E-state index >= 15 is 0 Å². The van der Waals surface area contributed by atoms with Crippen LogP contribution < -0.4 is 30.2 Å². The predicted molar refractivity (Wildman–Crippen MR) is 129 cm³/mol. The Morgan fingerprint density at radius 2 is 1.38 bits per heavy atom. The Hall–Kier alpha value is -4.05. The van der Waals surface area contributed by atoms with Crippen molar-refractivity contribution in [2.45, 2.75) is 0 Å². The molecule has 0 spiro atoms. The van der Waals surface area contributed by atoms with Gasteiger partial charge in [-0.25, -0.2) is 0 Å². The molecule has 178 valence electrons. The molecule has 0 aliphatic rings. The summed E-state index contributed by atoms with van der Waals surface area (Å²) in [5.41, 5.74) is 1.26. The van der Waals surface area contributed by atoms with Crippen molar-refractivity contribution >= 4 is 34.7 Å². The first-order valence-electron chi connectivity index (χ1n) is 10.3. The third kappa shape index (κ3) is 6.04. The van der Waals surface area contributed by atoms with Crippen LogP contribution in [0.1, 0.15) is 30.4 Å². The summed E-state index contributed by atoms with van der Waals surface area (Å²) in [6.07, 6.45) is 0. The Bertz CT molecular complexity index is 1120. The molecule has 0 fully saturated rings. The zero-order valence-corrected chi connectivity index (χ0v) is 19.8. The van der Waals surface area contributed by atoms with Crippen molar-refractivity contribution in [1.29, 1.82) is 0 Å². The molecule has 3 amide bonds. The molecular formula is C24H25N3O6S. The first-order valence-corrected chi connectivity index (χ1v) is 11.2. The number of thiophene rings is 1. The summed E-state index contributed by atoms with van der Waals surface area (Å²) in [7, 11) is 4.43. The lowest BCUT2D eigenvalue weighted by atomic mass is 10.1. The molecule has 1 heterocycles. The maximum Gasteiger partial charge on any atom is 0.261 e. The van der Waals surface area contributed by atoms with E-state index in [4.69, 9.17) is 14.2 Å². The number of benzene rings is 2. The molecule has 0 unspecified atom stereocenters. The molecule has 0 atom stereocenters. The van der Waals surface area contributed by atoms with Crippen molar-refractivity contribution in [3.05, 3.63) is 69.9 Å². The van der Waals surface area contributed by atoms with E-state index in [0.717, 1.165) is 0 Å². The van der Waals surface area contributed by atoms with Crippen LogP contribution in [0.25, 0.3) is 0 Å². The van der Waals surface area contributed by atoms with Crippen LogP contribution in [0.3, 0.4) is 0 Å². The molecule has 0 aliphatic carbocycles. The summed E-state index contributed by atoms with van der Waals surface area (Å²) in [6, 6.07) is 13.1. The molecule has 2 aromatic carbocycles. The first kappa shape index (κ1) is 24.6. The van der Waals surface area contributed by atoms with Crippen molar-refractivity contribution in [1.82, 2.24) is 10.6 Å². The molecule has 0 aliphatic heterocycles. The molecule has 34 heavy (non-hydrogen) atoms. The number of nitrogens with one attached hydrogen (secondary N) is 3. The van der Waals surface area contributed by atoms with Crippen molar-refractivity contribution < 1.29 is 28.6 Å². The fraction of sp³-hybridized carbons (Fsp3) is 0.208. The lowest BCUT2D eigenvalue weighted by Crippen LogP contribution is -2.34. The first-order chi connectivity index (χ1) is 16.5. The Kier molecular flexibility index (Phi) is 8.47. The van der Waals surface area contributed by atoms with E-state index in [1.807, 2.05) is 5.38 Å². The zero-order chi connectivity index (χ0) is 24.5. The highest BCUT2D eigenvalue weighted by molar-refractivity contribution is 7.12. The highest BCUT2D eigenvalue weighted by Gasteiger charge is 2.17. The molecule has 1 aromatic heterocycles. The second kappa shape index (κ2) is 11.7. The number of methoxy groups -OCH3 is 3. The molecule has 3 rings (SSSR count). The van der Waals surface area contributed by atoms with Gasteiger partial charge >= 0.3 is 0 Å². The maximum atomic E-state index is 12.7. The Balaban J connectivity index is 1.54. The van der Waals surface area contributed by atoms with Crippen molar-refractivity contribution in [3.8, 4) is 17.2 Å². The van der Waals surface area contributed by atoms with Gasteiger partial charge in [-0.15, -0.1) is 11.3 Å². The van der Waals surface area contributed by atoms with Gasteiger partial charge in [0.15, 0.2) is 11.5 Å². The number of ether oxygens (including phenoxy) is 3. The van der Waals surface area contributed by atoms with E-state index in [1.165, 1.54) is 32.7 Å². The standard InChI is InChI=1S/C24H25N3O6S/c1-31-18-13-16(14-19(32-2)21(18)33-3)23(29)27-17-8-6-15(7-9-17)22(28)25-10-11-26-24(30)20-5-4-12-34-20/h4-9,12-14H,10-11H2,1-3H3,(H,25,28)(H,26,30)(H,27,29). The van der Waals surface area contributed by atoms with E-state index in [0.29, 0.717) is 45.5 Å². The van der Waals surface area contributed by atoms with Gasteiger partial charge in [-0.05, 0) is 47.8 Å². The zero-order valence-electron chi connectivity index (χ0n) is 19.0. The monoisotopic (exact) mass is 483 g/mol. The molecule has 3 N–H and O–H groups in total. The average Bonchev–Trinajstić information content (AvgIpc) is 3.41. The summed E-state index contributed by atoms with van der Waals surface area (Å²) >= 11 is 1.35. The van der Waals surface area contributed by atoms with Crippen LogP contribution >= 0.6 is 11.3 Å². The van der Waals surface area contributed by atoms with E-state index in [9.17, 15) is 14.4 Å². The van der Waals surface area contributed by atoms with Gasteiger partial charge in [0.05, 0.1) is 26.2 Å². The number of hydrogen-bond acceptors (Lipinski definition) is 7. The van der Waals surface area contributed by atoms with Crippen LogP contribution in [0.4, 0.5) is 5.69 Å². The number of hydrogen-bond donors (Lipinski definition) is 3. The number of amides is 3. The fourth-order valence-electron chi connectivity index (χ4n) is 3.07. The Labute approximate surface area is 201 Å². The number of carbonyl (C=O) groups excluding carboxylic acids is 3. The van der Waals surface area contributed by atoms with Crippen LogP contribution in [-0.2, 0) is 0 Å². The molecule has 0 saturated carbocycles. The fourth-order valence-corrected chi connectivity index (χ4v) is 3.71.